The lowest BCUT2D eigenvalue weighted by Crippen LogP contribution is -2.34. The summed E-state index contributed by atoms with van der Waals surface area (Å²) in [6, 6.07) is 21.9. The molecule has 0 bridgehead atoms. The van der Waals surface area contributed by atoms with E-state index in [2.05, 4.69) is 22.0 Å². The predicted molar refractivity (Wildman–Crippen MR) is 142 cm³/mol. The minimum absolute atomic E-state index is 0.0104. The lowest BCUT2D eigenvalue weighted by Gasteiger charge is -2.23. The second kappa shape index (κ2) is 10.9. The number of amides is 1. The van der Waals surface area contributed by atoms with Gasteiger partial charge >= 0.3 is 0 Å². The fourth-order valence-corrected chi connectivity index (χ4v) is 4.40. The highest BCUT2D eigenvalue weighted by Crippen LogP contribution is 2.25. The van der Waals surface area contributed by atoms with Crippen LogP contribution in [0, 0.1) is 0 Å². The van der Waals surface area contributed by atoms with Crippen molar-refractivity contribution in [2.45, 2.75) is 6.42 Å². The van der Waals surface area contributed by atoms with E-state index in [9.17, 15) is 4.79 Å². The van der Waals surface area contributed by atoms with Crippen LogP contribution >= 0.6 is 0 Å². The van der Waals surface area contributed by atoms with Crippen molar-refractivity contribution in [1.29, 1.82) is 0 Å². The van der Waals surface area contributed by atoms with Crippen molar-refractivity contribution in [2.75, 3.05) is 38.2 Å². The molecule has 2 aromatic carbocycles. The van der Waals surface area contributed by atoms with E-state index in [1.165, 1.54) is 0 Å². The number of nitrogens with zero attached hydrogens (tertiary/aromatic N) is 5. The molecular weight excluding hydrogens is 450 g/mol. The first-order chi connectivity index (χ1) is 17.7. The van der Waals surface area contributed by atoms with Crippen LogP contribution in [0.2, 0.25) is 0 Å². The largest absolute Gasteiger partial charge is 0.497 e. The number of rotatable bonds is 6. The highest BCUT2D eigenvalue weighted by molar-refractivity contribution is 5.93. The number of carbonyl (C=O) groups is 1. The van der Waals surface area contributed by atoms with E-state index in [4.69, 9.17) is 9.84 Å². The van der Waals surface area contributed by atoms with Crippen molar-refractivity contribution >= 4 is 17.7 Å². The maximum absolute atomic E-state index is 13.1. The molecule has 1 fully saturated rings. The van der Waals surface area contributed by atoms with Crippen molar-refractivity contribution in [3.63, 3.8) is 0 Å². The zero-order valence-corrected chi connectivity index (χ0v) is 20.3. The van der Waals surface area contributed by atoms with Gasteiger partial charge in [0.05, 0.1) is 12.8 Å². The summed E-state index contributed by atoms with van der Waals surface area (Å²) in [4.78, 5) is 21.6. The lowest BCUT2D eigenvalue weighted by atomic mass is 10.1. The predicted octanol–water partition coefficient (Wildman–Crippen LogP) is 4.70. The molecule has 1 amide bonds. The third kappa shape index (κ3) is 5.30. The molecule has 0 unspecified atom stereocenters. The first kappa shape index (κ1) is 23.4. The van der Waals surface area contributed by atoms with Crippen molar-refractivity contribution in [3.8, 4) is 22.7 Å². The molecule has 3 heterocycles. The van der Waals surface area contributed by atoms with Crippen LogP contribution in [0.15, 0.2) is 91.4 Å². The van der Waals surface area contributed by atoms with Crippen LogP contribution in [0.3, 0.4) is 0 Å². The molecule has 0 radical (unpaired) electrons. The average Bonchev–Trinajstić information content (AvgIpc) is 3.22. The minimum Gasteiger partial charge on any atom is -0.497 e. The Kier molecular flexibility index (Phi) is 7.07. The van der Waals surface area contributed by atoms with Crippen LogP contribution in [0.4, 0.5) is 5.69 Å². The van der Waals surface area contributed by atoms with E-state index < -0.39 is 0 Å². The number of hydrogen-bond acceptors (Lipinski definition) is 5. The number of hydrogen-bond donors (Lipinski definition) is 0. The summed E-state index contributed by atoms with van der Waals surface area (Å²) < 4.78 is 7.11. The van der Waals surface area contributed by atoms with Gasteiger partial charge in [-0.1, -0.05) is 18.2 Å². The number of pyridine rings is 1. The summed E-state index contributed by atoms with van der Waals surface area (Å²) in [7, 11) is 1.67. The molecule has 5 rings (SSSR count). The van der Waals surface area contributed by atoms with Crippen molar-refractivity contribution in [3.05, 3.63) is 97.0 Å². The standard InChI is InChI=1S/C29H29N5O2/c1-36-27-13-11-25(12-14-27)32-17-6-18-33(20-19-32)28(35)15-10-24-22-34(26-8-3-2-4-9-26)31-29(24)23-7-5-16-30-21-23/h2-5,7-16,21-22H,6,17-20H2,1H3/b15-10+. The molecule has 1 aliphatic heterocycles. The summed E-state index contributed by atoms with van der Waals surface area (Å²) in [5, 5.41) is 4.80. The Balaban J connectivity index is 1.32. The Bertz CT molecular complexity index is 1320. The summed E-state index contributed by atoms with van der Waals surface area (Å²) in [5.74, 6) is 0.855. The quantitative estimate of drug-likeness (QED) is 0.375. The molecule has 7 heteroatoms. The molecule has 0 N–H and O–H groups in total. The lowest BCUT2D eigenvalue weighted by molar-refractivity contribution is -0.125. The van der Waals surface area contributed by atoms with Crippen molar-refractivity contribution in [2.24, 2.45) is 0 Å². The minimum atomic E-state index is 0.0104. The summed E-state index contributed by atoms with van der Waals surface area (Å²) in [5.41, 5.74) is 4.67. The first-order valence-electron chi connectivity index (χ1n) is 12.1. The topological polar surface area (TPSA) is 63.5 Å². The van der Waals surface area contributed by atoms with Crippen LogP contribution in [0.25, 0.3) is 23.0 Å². The number of para-hydroxylation sites is 1. The number of aromatic nitrogens is 3. The normalized spacial score (nSPS) is 14.1. The zero-order chi connectivity index (χ0) is 24.7. The molecule has 36 heavy (non-hydrogen) atoms. The van der Waals surface area contributed by atoms with Crippen LogP contribution in [0.1, 0.15) is 12.0 Å². The molecule has 1 saturated heterocycles. The van der Waals surface area contributed by atoms with Gasteiger partial charge in [0.2, 0.25) is 5.91 Å². The highest BCUT2D eigenvalue weighted by Gasteiger charge is 2.18. The van der Waals surface area contributed by atoms with E-state index in [1.54, 1.807) is 25.6 Å². The van der Waals surface area contributed by atoms with Crippen LogP contribution < -0.4 is 9.64 Å². The molecule has 0 spiro atoms. The summed E-state index contributed by atoms with van der Waals surface area (Å²) in [6.45, 7) is 3.11. The summed E-state index contributed by atoms with van der Waals surface area (Å²) >= 11 is 0. The number of anilines is 1. The fourth-order valence-electron chi connectivity index (χ4n) is 4.40. The highest BCUT2D eigenvalue weighted by atomic mass is 16.5. The molecule has 7 nitrogen and oxygen atoms in total. The number of benzene rings is 2. The Hall–Kier alpha value is -4.39. The molecule has 2 aromatic heterocycles. The molecule has 0 aliphatic carbocycles. The Labute approximate surface area is 211 Å². The van der Waals surface area contributed by atoms with Crippen LogP contribution in [0.5, 0.6) is 5.75 Å². The van der Waals surface area contributed by atoms with E-state index in [0.717, 1.165) is 60.0 Å². The molecule has 182 valence electrons. The molecule has 1 aliphatic rings. The van der Waals surface area contributed by atoms with E-state index in [1.807, 2.05) is 76.5 Å². The number of ether oxygens (including phenoxy) is 1. The second-order valence-corrected chi connectivity index (χ2v) is 8.65. The fraction of sp³-hybridized carbons (Fsp3) is 0.207. The molecule has 4 aromatic rings. The van der Waals surface area contributed by atoms with E-state index in [-0.39, 0.29) is 5.91 Å². The van der Waals surface area contributed by atoms with Gasteiger partial charge in [-0.15, -0.1) is 0 Å². The van der Waals surface area contributed by atoms with Crippen molar-refractivity contribution in [1.82, 2.24) is 19.7 Å². The van der Waals surface area contributed by atoms with Gasteiger partial charge in [0.1, 0.15) is 11.4 Å². The Morgan fingerprint density at radius 1 is 0.917 bits per heavy atom. The van der Waals surface area contributed by atoms with Crippen molar-refractivity contribution < 1.29 is 9.53 Å². The van der Waals surface area contributed by atoms with Gasteiger partial charge in [0, 0.05) is 67.7 Å². The van der Waals surface area contributed by atoms with Gasteiger partial charge in [-0.25, -0.2) is 4.68 Å². The number of methoxy groups -OCH3 is 1. The van der Waals surface area contributed by atoms with Gasteiger partial charge in [0.25, 0.3) is 0 Å². The van der Waals surface area contributed by atoms with Gasteiger partial charge in [-0.05, 0) is 61.0 Å². The van der Waals surface area contributed by atoms with E-state index >= 15 is 0 Å². The SMILES string of the molecule is COc1ccc(N2CCCN(C(=O)/C=C/c3cn(-c4ccccc4)nc3-c3cccnc3)CC2)cc1. The van der Waals surface area contributed by atoms with E-state index in [0.29, 0.717) is 6.54 Å². The first-order valence-corrected chi connectivity index (χ1v) is 12.1. The van der Waals surface area contributed by atoms with Crippen LogP contribution in [-0.2, 0) is 4.79 Å². The zero-order valence-electron chi connectivity index (χ0n) is 20.3. The molecule has 0 saturated carbocycles. The maximum atomic E-state index is 13.1. The molecular formula is C29H29N5O2. The Morgan fingerprint density at radius 2 is 1.75 bits per heavy atom. The second-order valence-electron chi connectivity index (χ2n) is 8.65. The van der Waals surface area contributed by atoms with Gasteiger partial charge in [-0.2, -0.15) is 5.10 Å². The smallest absolute Gasteiger partial charge is 0.246 e. The monoisotopic (exact) mass is 479 g/mol. The van der Waals surface area contributed by atoms with Crippen LogP contribution in [-0.4, -0.2) is 58.9 Å². The Morgan fingerprint density at radius 3 is 2.50 bits per heavy atom. The van der Waals surface area contributed by atoms with Gasteiger partial charge < -0.3 is 14.5 Å². The molecule has 0 atom stereocenters. The maximum Gasteiger partial charge on any atom is 0.246 e. The average molecular weight is 480 g/mol. The third-order valence-corrected chi connectivity index (χ3v) is 6.35. The van der Waals surface area contributed by atoms with Gasteiger partial charge in [0.15, 0.2) is 0 Å². The van der Waals surface area contributed by atoms with Gasteiger partial charge in [-0.3, -0.25) is 9.78 Å². The summed E-state index contributed by atoms with van der Waals surface area (Å²) in [6.07, 6.45) is 9.93. The third-order valence-electron chi connectivity index (χ3n) is 6.35. The number of carbonyl (C=O) groups excluding carboxylic acids is 1.